The van der Waals surface area contributed by atoms with Gasteiger partial charge in [-0.1, -0.05) is 24.9 Å². The second-order valence-corrected chi connectivity index (χ2v) is 6.18. The fourth-order valence-corrected chi connectivity index (χ4v) is 2.75. The van der Waals surface area contributed by atoms with Gasteiger partial charge in [-0.05, 0) is 37.5 Å². The Hall–Kier alpha value is -1.46. The van der Waals surface area contributed by atoms with Crippen molar-refractivity contribution in [2.75, 3.05) is 19.8 Å². The van der Waals surface area contributed by atoms with Gasteiger partial charge in [-0.2, -0.15) is 0 Å². The summed E-state index contributed by atoms with van der Waals surface area (Å²) in [6.07, 6.45) is 2.19. The molecule has 1 unspecified atom stereocenters. The van der Waals surface area contributed by atoms with Crippen LogP contribution in [0, 0.1) is 0 Å². The zero-order valence-electron chi connectivity index (χ0n) is 13.1. The van der Waals surface area contributed by atoms with E-state index in [0.29, 0.717) is 49.1 Å². The molecular formula is C16H23ClN2O3. The molecule has 0 radical (unpaired) electrons. The van der Waals surface area contributed by atoms with Gasteiger partial charge in [0.25, 0.3) is 0 Å². The van der Waals surface area contributed by atoms with Crippen molar-refractivity contribution < 1.29 is 14.3 Å². The minimum atomic E-state index is -0.820. The third kappa shape index (κ3) is 4.05. The molecule has 1 aromatic rings. The summed E-state index contributed by atoms with van der Waals surface area (Å²) in [5.41, 5.74) is 6.17. The lowest BCUT2D eigenvalue weighted by atomic mass is 9.96. The van der Waals surface area contributed by atoms with Gasteiger partial charge in [-0.3, -0.25) is 4.79 Å². The van der Waals surface area contributed by atoms with Gasteiger partial charge in [-0.15, -0.1) is 0 Å². The highest BCUT2D eigenvalue weighted by Crippen LogP contribution is 2.38. The number of carbonyl (C=O) groups excluding carboxylic acids is 1. The maximum absolute atomic E-state index is 12.0. The van der Waals surface area contributed by atoms with E-state index in [9.17, 15) is 4.79 Å². The number of nitrogens with one attached hydrogen (secondary N) is 1. The molecule has 5 nitrogen and oxygen atoms in total. The van der Waals surface area contributed by atoms with Crippen molar-refractivity contribution in [1.29, 1.82) is 0 Å². The molecule has 1 aliphatic rings. The first-order valence-electron chi connectivity index (χ1n) is 7.59. The smallest absolute Gasteiger partial charge is 0.239 e. The Morgan fingerprint density at radius 3 is 2.86 bits per heavy atom. The van der Waals surface area contributed by atoms with E-state index in [1.54, 1.807) is 6.92 Å². The van der Waals surface area contributed by atoms with Crippen molar-refractivity contribution in [3.63, 3.8) is 0 Å². The van der Waals surface area contributed by atoms with Gasteiger partial charge in [0.1, 0.15) is 13.2 Å². The van der Waals surface area contributed by atoms with Crippen LogP contribution in [0.1, 0.15) is 32.3 Å². The number of benzene rings is 1. The molecule has 0 aromatic heterocycles. The van der Waals surface area contributed by atoms with Crippen LogP contribution >= 0.6 is 11.6 Å². The van der Waals surface area contributed by atoms with E-state index >= 15 is 0 Å². The molecule has 1 heterocycles. The third-order valence-corrected chi connectivity index (χ3v) is 3.92. The van der Waals surface area contributed by atoms with Crippen molar-refractivity contribution in [2.45, 2.75) is 38.6 Å². The van der Waals surface area contributed by atoms with Crippen molar-refractivity contribution >= 4 is 17.5 Å². The van der Waals surface area contributed by atoms with Crippen molar-refractivity contribution in [3.05, 3.63) is 22.7 Å². The first kappa shape index (κ1) is 16.9. The summed E-state index contributed by atoms with van der Waals surface area (Å²) in [6.45, 7) is 5.30. The Kier molecular flexibility index (Phi) is 5.53. The summed E-state index contributed by atoms with van der Waals surface area (Å²) >= 11 is 6.19. The van der Waals surface area contributed by atoms with Crippen LogP contribution in [0.15, 0.2) is 12.1 Å². The van der Waals surface area contributed by atoms with Gasteiger partial charge < -0.3 is 20.5 Å². The molecule has 122 valence electrons. The van der Waals surface area contributed by atoms with Gasteiger partial charge in [0.2, 0.25) is 5.91 Å². The van der Waals surface area contributed by atoms with Crippen LogP contribution in [-0.4, -0.2) is 31.2 Å². The van der Waals surface area contributed by atoms with Gasteiger partial charge in [0, 0.05) is 6.54 Å². The van der Waals surface area contributed by atoms with E-state index in [1.807, 2.05) is 19.1 Å². The zero-order chi connectivity index (χ0) is 16.2. The second kappa shape index (κ2) is 7.20. The van der Waals surface area contributed by atoms with E-state index in [0.717, 1.165) is 12.0 Å². The van der Waals surface area contributed by atoms with Crippen LogP contribution in [0.2, 0.25) is 5.02 Å². The number of nitrogens with two attached hydrogens (primary N) is 1. The lowest BCUT2D eigenvalue weighted by Crippen LogP contribution is -2.51. The summed E-state index contributed by atoms with van der Waals surface area (Å²) in [4.78, 5) is 12.0. The number of ether oxygens (including phenoxy) is 2. The standard InChI is InChI=1S/C16H23ClN2O3/c1-3-5-16(2,18)15(20)19-6-4-11-9-12(17)14-13(10-11)21-7-8-22-14/h9-10H,3-8,18H2,1-2H3,(H,19,20). The van der Waals surface area contributed by atoms with Crippen LogP contribution < -0.4 is 20.5 Å². The number of carbonyl (C=O) groups is 1. The molecule has 1 atom stereocenters. The van der Waals surface area contributed by atoms with Crippen molar-refractivity contribution in [3.8, 4) is 11.5 Å². The predicted molar refractivity (Wildman–Crippen MR) is 86.7 cm³/mol. The molecule has 0 fully saturated rings. The minimum absolute atomic E-state index is 0.127. The molecule has 1 aliphatic heterocycles. The second-order valence-electron chi connectivity index (χ2n) is 5.78. The van der Waals surface area contributed by atoms with Crippen LogP contribution in [-0.2, 0) is 11.2 Å². The van der Waals surface area contributed by atoms with E-state index in [4.69, 9.17) is 26.8 Å². The molecule has 1 aromatic carbocycles. The maximum Gasteiger partial charge on any atom is 0.239 e. The van der Waals surface area contributed by atoms with E-state index in [2.05, 4.69) is 5.32 Å². The Bertz CT molecular complexity index is 546. The van der Waals surface area contributed by atoms with Crippen LogP contribution in [0.25, 0.3) is 0 Å². The normalized spacial score (nSPS) is 16.0. The number of hydrogen-bond acceptors (Lipinski definition) is 4. The van der Waals surface area contributed by atoms with Crippen LogP contribution in [0.3, 0.4) is 0 Å². The molecular weight excluding hydrogens is 304 g/mol. The zero-order valence-corrected chi connectivity index (χ0v) is 13.8. The summed E-state index contributed by atoms with van der Waals surface area (Å²) in [5, 5.41) is 3.41. The molecule has 0 aliphatic carbocycles. The molecule has 1 amide bonds. The monoisotopic (exact) mass is 326 g/mol. The van der Waals surface area contributed by atoms with E-state index < -0.39 is 5.54 Å². The average molecular weight is 327 g/mol. The van der Waals surface area contributed by atoms with Crippen molar-refractivity contribution in [1.82, 2.24) is 5.32 Å². The minimum Gasteiger partial charge on any atom is -0.486 e. The maximum atomic E-state index is 12.0. The van der Waals surface area contributed by atoms with Gasteiger partial charge >= 0.3 is 0 Å². The molecule has 6 heteroatoms. The van der Waals surface area contributed by atoms with Gasteiger partial charge in [-0.25, -0.2) is 0 Å². The molecule has 0 spiro atoms. The highest BCUT2D eigenvalue weighted by molar-refractivity contribution is 6.32. The Morgan fingerprint density at radius 1 is 1.41 bits per heavy atom. The van der Waals surface area contributed by atoms with Gasteiger partial charge in [0.05, 0.1) is 10.6 Å². The summed E-state index contributed by atoms with van der Waals surface area (Å²) in [6, 6.07) is 3.75. The molecule has 0 bridgehead atoms. The quantitative estimate of drug-likeness (QED) is 0.841. The fourth-order valence-electron chi connectivity index (χ4n) is 2.46. The number of fused-ring (bicyclic) bond motifs is 1. The van der Waals surface area contributed by atoms with Gasteiger partial charge in [0.15, 0.2) is 11.5 Å². The average Bonchev–Trinajstić information content (AvgIpc) is 2.47. The molecule has 0 saturated carbocycles. The molecule has 3 N–H and O–H groups in total. The fraction of sp³-hybridized carbons (Fsp3) is 0.562. The Labute approximate surface area is 136 Å². The molecule has 22 heavy (non-hydrogen) atoms. The summed E-state index contributed by atoms with van der Waals surface area (Å²) < 4.78 is 11.0. The first-order chi connectivity index (χ1) is 10.4. The van der Waals surface area contributed by atoms with Crippen LogP contribution in [0.5, 0.6) is 11.5 Å². The van der Waals surface area contributed by atoms with E-state index in [1.165, 1.54) is 0 Å². The highest BCUT2D eigenvalue weighted by Gasteiger charge is 2.26. The predicted octanol–water partition coefficient (Wildman–Crippen LogP) is 2.29. The first-order valence-corrected chi connectivity index (χ1v) is 7.97. The summed E-state index contributed by atoms with van der Waals surface area (Å²) in [5.74, 6) is 1.13. The van der Waals surface area contributed by atoms with Crippen molar-refractivity contribution in [2.24, 2.45) is 5.73 Å². The number of amides is 1. The number of hydrogen-bond donors (Lipinski definition) is 2. The van der Waals surface area contributed by atoms with Crippen LogP contribution in [0.4, 0.5) is 0 Å². The summed E-state index contributed by atoms with van der Waals surface area (Å²) in [7, 11) is 0. The third-order valence-electron chi connectivity index (χ3n) is 3.64. The lowest BCUT2D eigenvalue weighted by molar-refractivity contribution is -0.126. The highest BCUT2D eigenvalue weighted by atomic mass is 35.5. The Morgan fingerprint density at radius 2 is 2.14 bits per heavy atom. The largest absolute Gasteiger partial charge is 0.486 e. The number of rotatable bonds is 6. The number of halogens is 1. The molecule has 0 saturated heterocycles. The lowest BCUT2D eigenvalue weighted by Gasteiger charge is -2.23. The topological polar surface area (TPSA) is 73.6 Å². The van der Waals surface area contributed by atoms with E-state index in [-0.39, 0.29) is 5.91 Å². The SMILES string of the molecule is CCCC(C)(N)C(=O)NCCc1cc(Cl)c2c(c1)OCCO2. The Balaban J connectivity index is 1.92. The molecule has 2 rings (SSSR count).